The van der Waals surface area contributed by atoms with E-state index in [-0.39, 0.29) is 0 Å². The summed E-state index contributed by atoms with van der Waals surface area (Å²) >= 11 is 3.37. The van der Waals surface area contributed by atoms with E-state index >= 15 is 0 Å². The molecule has 0 bridgehead atoms. The Balaban J connectivity index is 1.72. The van der Waals surface area contributed by atoms with Gasteiger partial charge in [0.2, 0.25) is 0 Å². The monoisotopic (exact) mass is 321 g/mol. The Morgan fingerprint density at radius 2 is 2.00 bits per heavy atom. The predicted molar refractivity (Wildman–Crippen MR) is 78.2 cm³/mol. The third kappa shape index (κ3) is 5.01. The topological polar surface area (TPSA) is 42.4 Å². The lowest BCUT2D eigenvalue weighted by Gasteiger charge is -2.12. The summed E-state index contributed by atoms with van der Waals surface area (Å²) in [5, 5.41) is 9.87. The first-order chi connectivity index (χ1) is 9.24. The third-order valence-electron chi connectivity index (χ3n) is 2.75. The van der Waals surface area contributed by atoms with Crippen molar-refractivity contribution in [3.05, 3.63) is 58.8 Å². The van der Waals surface area contributed by atoms with Gasteiger partial charge in [-0.25, -0.2) is 0 Å². The van der Waals surface area contributed by atoms with Gasteiger partial charge in [0.25, 0.3) is 0 Å². The van der Waals surface area contributed by atoms with Crippen LogP contribution in [0.3, 0.4) is 0 Å². The molecule has 0 saturated heterocycles. The lowest BCUT2D eigenvalue weighted by atomic mass is 10.1. The molecule has 0 radical (unpaired) electrons. The number of pyridine rings is 1. The molecular weight excluding hydrogens is 306 g/mol. The second-order valence-electron chi connectivity index (χ2n) is 4.32. The van der Waals surface area contributed by atoms with Crippen molar-refractivity contribution >= 4 is 15.9 Å². The van der Waals surface area contributed by atoms with E-state index in [4.69, 9.17) is 4.74 Å². The van der Waals surface area contributed by atoms with Crippen LogP contribution in [-0.2, 0) is 6.42 Å². The van der Waals surface area contributed by atoms with Gasteiger partial charge >= 0.3 is 0 Å². The van der Waals surface area contributed by atoms with Crippen LogP contribution in [0, 0.1) is 0 Å². The quantitative estimate of drug-likeness (QED) is 0.888. The Morgan fingerprint density at radius 1 is 1.21 bits per heavy atom. The molecule has 4 heteroatoms. The van der Waals surface area contributed by atoms with Gasteiger partial charge in [-0.2, -0.15) is 0 Å². The number of aliphatic hydroxyl groups is 1. The molecule has 0 amide bonds. The zero-order chi connectivity index (χ0) is 13.5. The van der Waals surface area contributed by atoms with Crippen molar-refractivity contribution in [3.8, 4) is 5.75 Å². The van der Waals surface area contributed by atoms with Crippen molar-refractivity contribution in [2.24, 2.45) is 0 Å². The van der Waals surface area contributed by atoms with E-state index in [0.29, 0.717) is 13.0 Å². The maximum Gasteiger partial charge on any atom is 0.119 e. The highest BCUT2D eigenvalue weighted by Gasteiger charge is 2.06. The Kier molecular flexibility index (Phi) is 5.36. The summed E-state index contributed by atoms with van der Waals surface area (Å²) in [6, 6.07) is 11.5. The van der Waals surface area contributed by atoms with Crippen LogP contribution >= 0.6 is 15.9 Å². The van der Waals surface area contributed by atoms with E-state index in [9.17, 15) is 5.11 Å². The van der Waals surface area contributed by atoms with Crippen LogP contribution in [0.25, 0.3) is 0 Å². The Hall–Kier alpha value is -1.39. The average Bonchev–Trinajstić information content (AvgIpc) is 2.45. The predicted octanol–water partition coefficient (Wildman–Crippen LogP) is 3.22. The van der Waals surface area contributed by atoms with Crippen LogP contribution in [0.1, 0.15) is 12.0 Å². The first kappa shape index (κ1) is 14.0. The summed E-state index contributed by atoms with van der Waals surface area (Å²) in [4.78, 5) is 4.05. The highest BCUT2D eigenvalue weighted by atomic mass is 79.9. The lowest BCUT2D eigenvalue weighted by Crippen LogP contribution is -2.18. The normalized spacial score (nSPS) is 12.1. The number of aromatic nitrogens is 1. The van der Waals surface area contributed by atoms with E-state index in [0.717, 1.165) is 22.2 Å². The maximum absolute atomic E-state index is 9.87. The molecule has 3 nitrogen and oxygen atoms in total. The summed E-state index contributed by atoms with van der Waals surface area (Å²) in [5.74, 6) is 0.767. The van der Waals surface area contributed by atoms with E-state index in [2.05, 4.69) is 20.9 Å². The highest BCUT2D eigenvalue weighted by Crippen LogP contribution is 2.16. The summed E-state index contributed by atoms with van der Waals surface area (Å²) < 4.78 is 6.54. The number of hydrogen-bond acceptors (Lipinski definition) is 3. The van der Waals surface area contributed by atoms with Crippen LogP contribution in [0.5, 0.6) is 5.75 Å². The van der Waals surface area contributed by atoms with E-state index < -0.39 is 6.10 Å². The van der Waals surface area contributed by atoms with Crippen molar-refractivity contribution in [1.82, 2.24) is 4.98 Å². The van der Waals surface area contributed by atoms with Gasteiger partial charge in [0.15, 0.2) is 0 Å². The summed E-state index contributed by atoms with van der Waals surface area (Å²) in [6.07, 6.45) is 4.57. The second-order valence-corrected chi connectivity index (χ2v) is 5.23. The molecule has 1 heterocycles. The molecule has 2 aromatic rings. The first-order valence-electron chi connectivity index (χ1n) is 6.19. The number of aliphatic hydroxyl groups excluding tert-OH is 1. The average molecular weight is 322 g/mol. The Morgan fingerprint density at radius 3 is 2.68 bits per heavy atom. The van der Waals surface area contributed by atoms with Gasteiger partial charge in [-0.1, -0.05) is 22.0 Å². The molecule has 0 saturated carbocycles. The number of rotatable bonds is 6. The number of aryl methyl sites for hydroxylation is 1. The molecular formula is C15H16BrNO2. The fourth-order valence-corrected chi connectivity index (χ4v) is 1.95. The third-order valence-corrected chi connectivity index (χ3v) is 3.27. The van der Waals surface area contributed by atoms with Gasteiger partial charge in [-0.05, 0) is 48.7 Å². The van der Waals surface area contributed by atoms with Crippen LogP contribution in [-0.4, -0.2) is 22.8 Å². The van der Waals surface area contributed by atoms with Gasteiger partial charge in [-0.15, -0.1) is 0 Å². The minimum absolute atomic E-state index is 0.307. The number of hydrogen-bond donors (Lipinski definition) is 1. The molecule has 1 atom stereocenters. The minimum Gasteiger partial charge on any atom is -0.491 e. The molecule has 0 fully saturated rings. The molecule has 1 aromatic heterocycles. The largest absolute Gasteiger partial charge is 0.491 e. The van der Waals surface area contributed by atoms with Gasteiger partial charge in [0, 0.05) is 16.9 Å². The van der Waals surface area contributed by atoms with Crippen molar-refractivity contribution < 1.29 is 9.84 Å². The standard InChI is InChI=1S/C15H16BrNO2/c16-13-4-7-15(8-5-13)19-11-14(18)6-3-12-2-1-9-17-10-12/h1-2,4-5,7-10,14,18H,3,6,11H2/t14-/m1/s1. The van der Waals surface area contributed by atoms with E-state index in [1.807, 2.05) is 42.6 Å². The molecule has 0 unspecified atom stereocenters. The lowest BCUT2D eigenvalue weighted by molar-refractivity contribution is 0.100. The summed E-state index contributed by atoms with van der Waals surface area (Å²) in [5.41, 5.74) is 1.13. The smallest absolute Gasteiger partial charge is 0.119 e. The van der Waals surface area contributed by atoms with E-state index in [1.165, 1.54) is 0 Å². The second kappa shape index (κ2) is 7.26. The Labute approximate surface area is 121 Å². The molecule has 1 aromatic carbocycles. The van der Waals surface area contributed by atoms with Gasteiger partial charge in [0.1, 0.15) is 12.4 Å². The fraction of sp³-hybridized carbons (Fsp3) is 0.267. The molecule has 0 spiro atoms. The molecule has 1 N–H and O–H groups in total. The highest BCUT2D eigenvalue weighted by molar-refractivity contribution is 9.10. The number of benzene rings is 1. The van der Waals surface area contributed by atoms with E-state index in [1.54, 1.807) is 6.20 Å². The van der Waals surface area contributed by atoms with Crippen LogP contribution in [0.2, 0.25) is 0 Å². The van der Waals surface area contributed by atoms with Crippen molar-refractivity contribution in [1.29, 1.82) is 0 Å². The molecule has 19 heavy (non-hydrogen) atoms. The Bertz CT molecular complexity index is 487. The molecule has 0 aliphatic carbocycles. The SMILES string of the molecule is O[C@H](CCc1cccnc1)COc1ccc(Br)cc1. The molecule has 0 aliphatic rings. The van der Waals surface area contributed by atoms with Crippen LogP contribution in [0.4, 0.5) is 0 Å². The fourth-order valence-electron chi connectivity index (χ4n) is 1.69. The van der Waals surface area contributed by atoms with Crippen molar-refractivity contribution in [2.45, 2.75) is 18.9 Å². The van der Waals surface area contributed by atoms with Crippen molar-refractivity contribution in [3.63, 3.8) is 0 Å². The maximum atomic E-state index is 9.87. The number of nitrogens with zero attached hydrogens (tertiary/aromatic N) is 1. The van der Waals surface area contributed by atoms with Gasteiger partial charge in [-0.3, -0.25) is 4.98 Å². The van der Waals surface area contributed by atoms with Crippen molar-refractivity contribution in [2.75, 3.05) is 6.61 Å². The van der Waals surface area contributed by atoms with Gasteiger partial charge < -0.3 is 9.84 Å². The number of halogens is 1. The number of ether oxygens (including phenoxy) is 1. The summed E-state index contributed by atoms with van der Waals surface area (Å²) in [6.45, 7) is 0.307. The first-order valence-corrected chi connectivity index (χ1v) is 6.98. The van der Waals surface area contributed by atoms with Crippen LogP contribution < -0.4 is 4.74 Å². The zero-order valence-corrected chi connectivity index (χ0v) is 12.1. The van der Waals surface area contributed by atoms with Crippen LogP contribution in [0.15, 0.2) is 53.3 Å². The van der Waals surface area contributed by atoms with Gasteiger partial charge in [0.05, 0.1) is 6.10 Å². The molecule has 100 valence electrons. The molecule has 0 aliphatic heterocycles. The zero-order valence-electron chi connectivity index (χ0n) is 10.5. The summed E-state index contributed by atoms with van der Waals surface area (Å²) in [7, 11) is 0. The molecule has 2 rings (SSSR count). The minimum atomic E-state index is -0.469.